The lowest BCUT2D eigenvalue weighted by molar-refractivity contribution is -0.0374. The third-order valence-corrected chi connectivity index (χ3v) is 3.37. The van der Waals surface area contributed by atoms with Crippen LogP contribution in [0.1, 0.15) is 24.8 Å². The van der Waals surface area contributed by atoms with Crippen LogP contribution in [0.25, 0.3) is 10.8 Å². The van der Waals surface area contributed by atoms with E-state index in [4.69, 9.17) is 0 Å². The van der Waals surface area contributed by atoms with Gasteiger partial charge in [0.25, 0.3) is 0 Å². The van der Waals surface area contributed by atoms with Crippen molar-refractivity contribution in [1.29, 1.82) is 0 Å². The van der Waals surface area contributed by atoms with E-state index in [1.54, 1.807) is 6.20 Å². The second-order valence-electron chi connectivity index (χ2n) is 4.29. The van der Waals surface area contributed by atoms with Crippen molar-refractivity contribution >= 4 is 10.8 Å². The van der Waals surface area contributed by atoms with Crippen LogP contribution in [0.3, 0.4) is 0 Å². The van der Waals surface area contributed by atoms with Crippen LogP contribution in [0.5, 0.6) is 0 Å². The van der Waals surface area contributed by atoms with Gasteiger partial charge < -0.3 is 5.11 Å². The largest absolute Gasteiger partial charge is 0.385 e. The fourth-order valence-electron chi connectivity index (χ4n) is 2.30. The van der Waals surface area contributed by atoms with Crippen LogP contribution in [-0.4, -0.2) is 10.1 Å². The lowest BCUT2D eigenvalue weighted by Crippen LogP contribution is -2.33. The topological polar surface area (TPSA) is 33.1 Å². The Hall–Kier alpha value is -1.41. The molecular formula is C13H13NO. The molecule has 0 amide bonds. The van der Waals surface area contributed by atoms with Crippen molar-refractivity contribution in [1.82, 2.24) is 4.98 Å². The zero-order valence-corrected chi connectivity index (χ0v) is 8.48. The number of hydrogen-bond acceptors (Lipinski definition) is 2. The van der Waals surface area contributed by atoms with Crippen LogP contribution in [0.4, 0.5) is 0 Å². The highest BCUT2D eigenvalue weighted by Crippen LogP contribution is 2.43. The minimum absolute atomic E-state index is 0.595. The van der Waals surface area contributed by atoms with E-state index in [1.807, 2.05) is 24.4 Å². The predicted octanol–water partition coefficient (Wildman–Crippen LogP) is 2.61. The summed E-state index contributed by atoms with van der Waals surface area (Å²) in [5, 5.41) is 12.6. The van der Waals surface area contributed by atoms with Gasteiger partial charge in [0.15, 0.2) is 0 Å². The first-order valence-electron chi connectivity index (χ1n) is 5.35. The molecule has 0 bridgehead atoms. The molecule has 1 saturated carbocycles. The van der Waals surface area contributed by atoms with E-state index in [0.717, 1.165) is 35.6 Å². The maximum atomic E-state index is 10.4. The highest BCUT2D eigenvalue weighted by molar-refractivity contribution is 5.85. The standard InChI is InChI=1S/C13H13NO/c15-13(6-2-7-13)12-4-1-3-10-5-8-14-9-11(10)12/h1,3-5,8-9,15H,2,6-7H2. The molecule has 3 rings (SSSR count). The summed E-state index contributed by atoms with van der Waals surface area (Å²) in [4.78, 5) is 4.13. The number of rotatable bonds is 1. The first kappa shape index (κ1) is 8.86. The predicted molar refractivity (Wildman–Crippen MR) is 59.5 cm³/mol. The second kappa shape index (κ2) is 3.04. The molecule has 2 aromatic rings. The number of pyridine rings is 1. The van der Waals surface area contributed by atoms with Gasteiger partial charge in [-0.15, -0.1) is 0 Å². The Morgan fingerprint density at radius 1 is 1.20 bits per heavy atom. The molecule has 0 unspecified atom stereocenters. The molecule has 1 fully saturated rings. The minimum Gasteiger partial charge on any atom is -0.385 e. The Morgan fingerprint density at radius 3 is 2.80 bits per heavy atom. The summed E-state index contributed by atoms with van der Waals surface area (Å²) in [6.07, 6.45) is 6.51. The van der Waals surface area contributed by atoms with Gasteiger partial charge >= 0.3 is 0 Å². The third-order valence-electron chi connectivity index (χ3n) is 3.37. The summed E-state index contributed by atoms with van der Waals surface area (Å²) < 4.78 is 0. The van der Waals surface area contributed by atoms with E-state index in [2.05, 4.69) is 11.1 Å². The van der Waals surface area contributed by atoms with E-state index in [1.165, 1.54) is 0 Å². The average molecular weight is 199 g/mol. The molecular weight excluding hydrogens is 186 g/mol. The quantitative estimate of drug-likeness (QED) is 0.765. The van der Waals surface area contributed by atoms with Gasteiger partial charge in [0.2, 0.25) is 0 Å². The molecule has 0 spiro atoms. The summed E-state index contributed by atoms with van der Waals surface area (Å²) in [6, 6.07) is 8.07. The monoisotopic (exact) mass is 199 g/mol. The fourth-order valence-corrected chi connectivity index (χ4v) is 2.30. The van der Waals surface area contributed by atoms with Crippen LogP contribution in [0, 0.1) is 0 Å². The van der Waals surface area contributed by atoms with E-state index in [9.17, 15) is 5.11 Å². The van der Waals surface area contributed by atoms with Crippen molar-refractivity contribution in [3.05, 3.63) is 42.2 Å². The lowest BCUT2D eigenvalue weighted by Gasteiger charge is -2.37. The molecule has 1 aliphatic carbocycles. The van der Waals surface area contributed by atoms with E-state index >= 15 is 0 Å². The Morgan fingerprint density at radius 2 is 2.07 bits per heavy atom. The van der Waals surface area contributed by atoms with Crippen molar-refractivity contribution in [2.45, 2.75) is 24.9 Å². The Labute approximate surface area is 88.6 Å². The van der Waals surface area contributed by atoms with Crippen LogP contribution in [0.15, 0.2) is 36.7 Å². The number of nitrogens with zero attached hydrogens (tertiary/aromatic N) is 1. The molecule has 2 heteroatoms. The molecule has 1 aromatic heterocycles. The summed E-state index contributed by atoms with van der Waals surface area (Å²) in [7, 11) is 0. The molecule has 1 aromatic carbocycles. The number of hydrogen-bond donors (Lipinski definition) is 1. The first-order chi connectivity index (χ1) is 7.30. The summed E-state index contributed by atoms with van der Waals surface area (Å²) in [6.45, 7) is 0. The minimum atomic E-state index is -0.595. The maximum absolute atomic E-state index is 10.4. The molecule has 1 heterocycles. The average Bonchev–Trinajstić information content (AvgIpc) is 2.25. The van der Waals surface area contributed by atoms with Gasteiger partial charge in [-0.2, -0.15) is 0 Å². The maximum Gasteiger partial charge on any atom is 0.0903 e. The van der Waals surface area contributed by atoms with Gasteiger partial charge in [-0.1, -0.05) is 18.2 Å². The van der Waals surface area contributed by atoms with E-state index in [-0.39, 0.29) is 0 Å². The molecule has 0 aliphatic heterocycles. The number of aliphatic hydroxyl groups is 1. The first-order valence-corrected chi connectivity index (χ1v) is 5.35. The van der Waals surface area contributed by atoms with Crippen molar-refractivity contribution in [3.63, 3.8) is 0 Å². The van der Waals surface area contributed by atoms with Gasteiger partial charge in [0.1, 0.15) is 0 Å². The van der Waals surface area contributed by atoms with Gasteiger partial charge in [-0.25, -0.2) is 0 Å². The number of fused-ring (bicyclic) bond motifs is 1. The fraction of sp³-hybridized carbons (Fsp3) is 0.308. The van der Waals surface area contributed by atoms with Crippen molar-refractivity contribution in [2.75, 3.05) is 0 Å². The van der Waals surface area contributed by atoms with Gasteiger partial charge in [0.05, 0.1) is 5.60 Å². The molecule has 2 nitrogen and oxygen atoms in total. The van der Waals surface area contributed by atoms with Crippen molar-refractivity contribution in [2.24, 2.45) is 0 Å². The zero-order chi connectivity index (χ0) is 10.3. The van der Waals surface area contributed by atoms with Gasteiger partial charge in [-0.05, 0) is 36.3 Å². The molecule has 1 N–H and O–H groups in total. The molecule has 15 heavy (non-hydrogen) atoms. The highest BCUT2D eigenvalue weighted by atomic mass is 16.3. The Balaban J connectivity index is 2.26. The number of aromatic nitrogens is 1. The molecule has 76 valence electrons. The van der Waals surface area contributed by atoms with E-state index < -0.39 is 5.60 Å². The van der Waals surface area contributed by atoms with Crippen molar-refractivity contribution < 1.29 is 5.11 Å². The molecule has 1 aliphatic rings. The highest BCUT2D eigenvalue weighted by Gasteiger charge is 2.37. The summed E-state index contributed by atoms with van der Waals surface area (Å²) in [5.74, 6) is 0. The van der Waals surface area contributed by atoms with Gasteiger partial charge in [0, 0.05) is 17.8 Å². The zero-order valence-electron chi connectivity index (χ0n) is 8.48. The van der Waals surface area contributed by atoms with Gasteiger partial charge in [-0.3, -0.25) is 4.98 Å². The summed E-state index contributed by atoms with van der Waals surface area (Å²) in [5.41, 5.74) is 0.446. The SMILES string of the molecule is OC1(c2cccc3ccncc23)CCC1. The van der Waals surface area contributed by atoms with Crippen LogP contribution in [-0.2, 0) is 5.60 Å². The Bertz CT molecular complexity index is 497. The second-order valence-corrected chi connectivity index (χ2v) is 4.29. The smallest absolute Gasteiger partial charge is 0.0903 e. The molecule has 0 atom stereocenters. The number of benzene rings is 1. The van der Waals surface area contributed by atoms with Crippen molar-refractivity contribution in [3.8, 4) is 0 Å². The van der Waals surface area contributed by atoms with Crippen LogP contribution < -0.4 is 0 Å². The van der Waals surface area contributed by atoms with Crippen LogP contribution >= 0.6 is 0 Å². The molecule has 0 radical (unpaired) electrons. The Kier molecular flexibility index (Phi) is 1.80. The lowest BCUT2D eigenvalue weighted by atomic mass is 9.74. The third kappa shape index (κ3) is 1.25. The normalized spacial score (nSPS) is 18.7. The summed E-state index contributed by atoms with van der Waals surface area (Å²) >= 11 is 0. The van der Waals surface area contributed by atoms with Crippen LogP contribution in [0.2, 0.25) is 0 Å². The van der Waals surface area contributed by atoms with E-state index in [0.29, 0.717) is 0 Å². The molecule has 0 saturated heterocycles.